The van der Waals surface area contributed by atoms with Gasteiger partial charge in [0.25, 0.3) is 0 Å². The van der Waals surface area contributed by atoms with Crippen molar-refractivity contribution >= 4 is 15.8 Å². The Morgan fingerprint density at radius 1 is 1.19 bits per heavy atom. The molecule has 0 aliphatic heterocycles. The number of sulfone groups is 1. The van der Waals surface area contributed by atoms with Crippen LogP contribution in [0.5, 0.6) is 0 Å². The molecule has 0 saturated heterocycles. The molecule has 2 unspecified atom stereocenters. The second-order valence-electron chi connectivity index (χ2n) is 3.19. The molecule has 0 fully saturated rings. The molecule has 88 valence electrons. The lowest BCUT2D eigenvalue weighted by Crippen LogP contribution is -2.51. The molecular weight excluding hydrogens is 232 g/mol. The number of aliphatic carboxylic acids is 1. The molecule has 0 aliphatic carbocycles. The van der Waals surface area contributed by atoms with Gasteiger partial charge in [-0.3, -0.25) is 4.79 Å². The molecule has 6 nitrogen and oxygen atoms in total. The second kappa shape index (κ2) is 4.60. The number of benzene rings is 1. The molecule has 5 N–H and O–H groups in total. The van der Waals surface area contributed by atoms with E-state index in [0.29, 0.717) is 0 Å². The lowest BCUT2D eigenvalue weighted by atomic mass is 10.3. The van der Waals surface area contributed by atoms with Gasteiger partial charge in [0.15, 0.2) is 9.84 Å². The summed E-state index contributed by atoms with van der Waals surface area (Å²) in [4.78, 5) is 10.5. The van der Waals surface area contributed by atoms with Crippen molar-refractivity contribution < 1.29 is 18.3 Å². The van der Waals surface area contributed by atoms with Gasteiger partial charge in [-0.2, -0.15) is 0 Å². The van der Waals surface area contributed by atoms with Crippen molar-refractivity contribution in [1.82, 2.24) is 0 Å². The van der Waals surface area contributed by atoms with Crippen LogP contribution in [-0.2, 0) is 14.6 Å². The Morgan fingerprint density at radius 3 is 2.12 bits per heavy atom. The van der Waals surface area contributed by atoms with Crippen LogP contribution in [0.4, 0.5) is 0 Å². The zero-order chi connectivity index (χ0) is 12.3. The predicted molar refractivity (Wildman–Crippen MR) is 57.2 cm³/mol. The topological polar surface area (TPSA) is 123 Å². The molecule has 1 aromatic carbocycles. The number of carboxylic acids is 1. The number of rotatable bonds is 4. The molecule has 0 saturated carbocycles. The van der Waals surface area contributed by atoms with Crippen LogP contribution in [0.25, 0.3) is 0 Å². The molecule has 0 radical (unpaired) electrons. The lowest BCUT2D eigenvalue weighted by molar-refractivity contribution is -0.138. The molecule has 0 aliphatic rings. The van der Waals surface area contributed by atoms with Crippen molar-refractivity contribution in [2.45, 2.75) is 16.3 Å². The van der Waals surface area contributed by atoms with E-state index >= 15 is 0 Å². The van der Waals surface area contributed by atoms with E-state index in [9.17, 15) is 13.2 Å². The number of hydrogen-bond acceptors (Lipinski definition) is 5. The first kappa shape index (κ1) is 12.6. The first-order valence-electron chi connectivity index (χ1n) is 4.40. The first-order valence-corrected chi connectivity index (χ1v) is 5.95. The van der Waals surface area contributed by atoms with Crippen molar-refractivity contribution in [2.24, 2.45) is 11.5 Å². The van der Waals surface area contributed by atoms with E-state index in [-0.39, 0.29) is 4.90 Å². The number of carboxylic acid groups (broad SMARTS) is 1. The minimum Gasteiger partial charge on any atom is -0.480 e. The van der Waals surface area contributed by atoms with Crippen molar-refractivity contribution in [1.29, 1.82) is 0 Å². The van der Waals surface area contributed by atoms with Gasteiger partial charge in [-0.1, -0.05) is 18.2 Å². The Balaban J connectivity index is 3.09. The number of hydrogen-bond donors (Lipinski definition) is 3. The van der Waals surface area contributed by atoms with Crippen molar-refractivity contribution in [3.05, 3.63) is 30.3 Å². The highest BCUT2D eigenvalue weighted by Gasteiger charge is 2.33. The molecule has 0 heterocycles. The molecule has 0 amide bonds. The van der Waals surface area contributed by atoms with Crippen LogP contribution in [0.15, 0.2) is 35.2 Å². The average Bonchev–Trinajstić information content (AvgIpc) is 2.28. The van der Waals surface area contributed by atoms with Gasteiger partial charge in [0.1, 0.15) is 11.4 Å². The van der Waals surface area contributed by atoms with Crippen LogP contribution in [-0.4, -0.2) is 30.9 Å². The summed E-state index contributed by atoms with van der Waals surface area (Å²) >= 11 is 0. The van der Waals surface area contributed by atoms with E-state index in [1.54, 1.807) is 6.07 Å². The Labute approximate surface area is 92.8 Å². The van der Waals surface area contributed by atoms with Crippen molar-refractivity contribution in [3.8, 4) is 0 Å². The summed E-state index contributed by atoms with van der Waals surface area (Å²) < 4.78 is 23.6. The maximum Gasteiger partial charge on any atom is 0.323 e. The zero-order valence-electron chi connectivity index (χ0n) is 8.28. The van der Waals surface area contributed by atoms with Gasteiger partial charge in [-0.15, -0.1) is 0 Å². The van der Waals surface area contributed by atoms with Crippen molar-refractivity contribution in [3.63, 3.8) is 0 Å². The minimum absolute atomic E-state index is 0.0424. The van der Waals surface area contributed by atoms with Crippen LogP contribution in [0.1, 0.15) is 0 Å². The summed E-state index contributed by atoms with van der Waals surface area (Å²) in [6, 6.07) is 5.71. The largest absolute Gasteiger partial charge is 0.480 e. The summed E-state index contributed by atoms with van der Waals surface area (Å²) in [5, 5.41) is 6.93. The van der Waals surface area contributed by atoms with Crippen LogP contribution in [0, 0.1) is 0 Å². The maximum atomic E-state index is 11.8. The number of carbonyl (C=O) groups is 1. The summed E-state index contributed by atoms with van der Waals surface area (Å²) in [7, 11) is -3.91. The SMILES string of the molecule is NC(C(=O)O)C(N)S(=O)(=O)c1ccccc1. The van der Waals surface area contributed by atoms with E-state index in [2.05, 4.69) is 0 Å². The van der Waals surface area contributed by atoms with Gasteiger partial charge in [-0.25, -0.2) is 8.42 Å². The van der Waals surface area contributed by atoms with E-state index in [1.807, 2.05) is 0 Å². The summed E-state index contributed by atoms with van der Waals surface area (Å²) in [6.45, 7) is 0. The molecule has 0 bridgehead atoms. The van der Waals surface area contributed by atoms with Gasteiger partial charge in [-0.05, 0) is 12.1 Å². The highest BCUT2D eigenvalue weighted by Crippen LogP contribution is 2.14. The van der Waals surface area contributed by atoms with E-state index in [4.69, 9.17) is 16.6 Å². The van der Waals surface area contributed by atoms with Gasteiger partial charge >= 0.3 is 5.97 Å². The average molecular weight is 244 g/mol. The lowest BCUT2D eigenvalue weighted by Gasteiger charge is -2.16. The molecule has 2 atom stereocenters. The summed E-state index contributed by atoms with van der Waals surface area (Å²) in [5.41, 5.74) is 10.5. The molecule has 1 aromatic rings. The molecule has 0 aromatic heterocycles. The van der Waals surface area contributed by atoms with E-state index in [0.717, 1.165) is 0 Å². The Kier molecular flexibility index (Phi) is 3.63. The fourth-order valence-electron chi connectivity index (χ4n) is 1.10. The van der Waals surface area contributed by atoms with E-state index in [1.165, 1.54) is 24.3 Å². The standard InChI is InChI=1S/C9H12N2O4S/c10-7(9(12)13)8(11)16(14,15)6-4-2-1-3-5-6/h1-5,7-8H,10-11H2,(H,12,13). The molecule has 16 heavy (non-hydrogen) atoms. The van der Waals surface area contributed by atoms with Crippen LogP contribution >= 0.6 is 0 Å². The zero-order valence-corrected chi connectivity index (χ0v) is 9.09. The third-order valence-electron chi connectivity index (χ3n) is 2.07. The van der Waals surface area contributed by atoms with Gasteiger partial charge in [0, 0.05) is 0 Å². The highest BCUT2D eigenvalue weighted by atomic mass is 32.2. The van der Waals surface area contributed by atoms with Crippen LogP contribution in [0.3, 0.4) is 0 Å². The smallest absolute Gasteiger partial charge is 0.323 e. The third-order valence-corrected chi connectivity index (χ3v) is 4.01. The molecule has 7 heteroatoms. The van der Waals surface area contributed by atoms with Crippen molar-refractivity contribution in [2.75, 3.05) is 0 Å². The first-order chi connectivity index (χ1) is 7.37. The van der Waals surface area contributed by atoms with Gasteiger partial charge in [0.2, 0.25) is 0 Å². The molecule has 0 spiro atoms. The summed E-state index contributed by atoms with van der Waals surface area (Å²) in [5.74, 6) is -1.45. The fraction of sp³-hybridized carbons (Fsp3) is 0.222. The quantitative estimate of drug-likeness (QED) is 0.634. The monoisotopic (exact) mass is 244 g/mol. The van der Waals surface area contributed by atoms with Crippen LogP contribution in [0.2, 0.25) is 0 Å². The Bertz CT molecular complexity index is 472. The highest BCUT2D eigenvalue weighted by molar-refractivity contribution is 7.92. The molecular formula is C9H12N2O4S. The van der Waals surface area contributed by atoms with Crippen LogP contribution < -0.4 is 11.5 Å². The van der Waals surface area contributed by atoms with Gasteiger partial charge < -0.3 is 16.6 Å². The molecule has 1 rings (SSSR count). The fourth-order valence-corrected chi connectivity index (χ4v) is 2.45. The summed E-state index contributed by atoms with van der Waals surface area (Å²) in [6.07, 6.45) is 0. The normalized spacial score (nSPS) is 15.4. The Hall–Kier alpha value is -1.44. The second-order valence-corrected chi connectivity index (χ2v) is 5.29. The van der Waals surface area contributed by atoms with Gasteiger partial charge in [0.05, 0.1) is 4.90 Å². The predicted octanol–water partition coefficient (Wildman–Crippen LogP) is -0.843. The Morgan fingerprint density at radius 2 is 1.69 bits per heavy atom. The third kappa shape index (κ3) is 2.38. The minimum atomic E-state index is -3.91. The van der Waals surface area contributed by atoms with E-state index < -0.39 is 27.2 Å². The maximum absolute atomic E-state index is 11.8. The number of nitrogens with two attached hydrogens (primary N) is 2.